The van der Waals surface area contributed by atoms with Crippen LogP contribution in [0.25, 0.3) is 0 Å². The Bertz CT molecular complexity index is 362. The van der Waals surface area contributed by atoms with Crippen LogP contribution >= 0.6 is 0 Å². The fourth-order valence-electron chi connectivity index (χ4n) is 3.83. The molecule has 0 unspecified atom stereocenters. The van der Waals surface area contributed by atoms with Crippen LogP contribution in [-0.2, 0) is 9.53 Å². The third-order valence-corrected chi connectivity index (χ3v) is 5.90. The molecule has 0 amide bonds. The number of esters is 1. The molecule has 0 aromatic heterocycles. The van der Waals surface area contributed by atoms with Gasteiger partial charge in [0, 0.05) is 6.42 Å². The van der Waals surface area contributed by atoms with Gasteiger partial charge in [-0.3, -0.25) is 4.79 Å². The van der Waals surface area contributed by atoms with Crippen molar-refractivity contribution in [2.75, 3.05) is 6.61 Å². The van der Waals surface area contributed by atoms with Crippen LogP contribution < -0.4 is 0 Å². The minimum Gasteiger partial charge on any atom is -0.466 e. The Labute approximate surface area is 189 Å². The second-order valence-corrected chi connectivity index (χ2v) is 9.03. The summed E-state index contributed by atoms with van der Waals surface area (Å²) in [7, 11) is 0. The van der Waals surface area contributed by atoms with Gasteiger partial charge >= 0.3 is 5.97 Å². The average molecular weight is 423 g/mol. The predicted octanol–water partition coefficient (Wildman–Crippen LogP) is 9.71. The third-order valence-electron chi connectivity index (χ3n) is 5.90. The lowest BCUT2D eigenvalue weighted by atomic mass is 10.1. The van der Waals surface area contributed by atoms with E-state index in [-0.39, 0.29) is 5.97 Å². The highest BCUT2D eigenvalue weighted by Gasteiger charge is 2.02. The van der Waals surface area contributed by atoms with Gasteiger partial charge in [0.1, 0.15) is 0 Å². The molecule has 0 radical (unpaired) electrons. The first kappa shape index (κ1) is 29.2. The van der Waals surface area contributed by atoms with Gasteiger partial charge in [-0.25, -0.2) is 0 Å². The molecule has 0 rings (SSSR count). The van der Waals surface area contributed by atoms with Crippen LogP contribution in [0.2, 0.25) is 0 Å². The molecule has 0 N–H and O–H groups in total. The fraction of sp³-hybridized carbons (Fsp3) is 0.893. The van der Waals surface area contributed by atoms with Crippen molar-refractivity contribution in [3.05, 3.63) is 12.2 Å². The quantitative estimate of drug-likeness (QED) is 0.0878. The van der Waals surface area contributed by atoms with Gasteiger partial charge in [0.15, 0.2) is 0 Å². The van der Waals surface area contributed by atoms with Gasteiger partial charge in [0.25, 0.3) is 0 Å². The molecule has 178 valence electrons. The Morgan fingerprint density at radius 3 is 1.43 bits per heavy atom. The number of hydrogen-bond acceptors (Lipinski definition) is 2. The first-order valence-corrected chi connectivity index (χ1v) is 13.6. The molecule has 0 atom stereocenters. The molecule has 2 heteroatoms. The minimum atomic E-state index is 0.0105. The van der Waals surface area contributed by atoms with Crippen molar-refractivity contribution in [2.24, 2.45) is 0 Å². The summed E-state index contributed by atoms with van der Waals surface area (Å²) in [4.78, 5) is 11.7. The van der Waals surface area contributed by atoms with Crippen LogP contribution in [0.5, 0.6) is 0 Å². The summed E-state index contributed by atoms with van der Waals surface area (Å²) in [6.07, 6.45) is 32.4. The van der Waals surface area contributed by atoms with Crippen LogP contribution in [0, 0.1) is 0 Å². The van der Waals surface area contributed by atoms with Gasteiger partial charge < -0.3 is 4.74 Å². The van der Waals surface area contributed by atoms with Crippen molar-refractivity contribution in [3.8, 4) is 0 Å². The van der Waals surface area contributed by atoms with E-state index in [9.17, 15) is 4.79 Å². The molecule has 30 heavy (non-hydrogen) atoms. The van der Waals surface area contributed by atoms with E-state index >= 15 is 0 Å². The Kier molecular flexibility index (Phi) is 25.6. The minimum absolute atomic E-state index is 0.0105. The number of unbranched alkanes of at least 4 members (excludes halogenated alkanes) is 18. The molecule has 0 fully saturated rings. The topological polar surface area (TPSA) is 26.3 Å². The van der Waals surface area contributed by atoms with Crippen LogP contribution in [0.3, 0.4) is 0 Å². The first-order valence-electron chi connectivity index (χ1n) is 13.6. The number of carbonyl (C=O) groups is 1. The molecule has 0 aliphatic carbocycles. The Hall–Kier alpha value is -0.790. The molecule has 0 saturated carbocycles. The van der Waals surface area contributed by atoms with Gasteiger partial charge in [-0.15, -0.1) is 0 Å². The largest absolute Gasteiger partial charge is 0.466 e. The maximum absolute atomic E-state index is 11.7. The number of carbonyl (C=O) groups excluding carboxylic acids is 1. The molecule has 0 bridgehead atoms. The lowest BCUT2D eigenvalue weighted by Crippen LogP contribution is -2.05. The summed E-state index contributed by atoms with van der Waals surface area (Å²) in [5.41, 5.74) is 0. The zero-order valence-electron chi connectivity index (χ0n) is 20.7. The van der Waals surface area contributed by atoms with Crippen molar-refractivity contribution < 1.29 is 9.53 Å². The normalized spacial score (nSPS) is 11.4. The standard InChI is InChI=1S/C28H54O2/c1-3-5-7-9-11-12-13-14-15-16-17-18-19-21-23-25-27-30-28(29)26-24-22-20-10-8-6-4-2/h14-15H,3-13,16-27H2,1-2H3. The molecule has 0 aromatic carbocycles. The third kappa shape index (κ3) is 25.2. The van der Waals surface area contributed by atoms with Crippen LogP contribution in [0.1, 0.15) is 155 Å². The number of ether oxygens (including phenoxy) is 1. The second-order valence-electron chi connectivity index (χ2n) is 9.03. The van der Waals surface area contributed by atoms with Crippen LogP contribution in [0.15, 0.2) is 12.2 Å². The van der Waals surface area contributed by atoms with Crippen molar-refractivity contribution in [1.82, 2.24) is 0 Å². The smallest absolute Gasteiger partial charge is 0.305 e. The van der Waals surface area contributed by atoms with Crippen LogP contribution in [-0.4, -0.2) is 12.6 Å². The molecule has 0 saturated heterocycles. The second kappa shape index (κ2) is 26.2. The van der Waals surface area contributed by atoms with Gasteiger partial charge in [-0.05, 0) is 38.5 Å². The summed E-state index contributed by atoms with van der Waals surface area (Å²) in [6.45, 7) is 5.14. The van der Waals surface area contributed by atoms with E-state index in [2.05, 4.69) is 26.0 Å². The van der Waals surface area contributed by atoms with Crippen molar-refractivity contribution in [3.63, 3.8) is 0 Å². The molecule has 0 aliphatic heterocycles. The van der Waals surface area contributed by atoms with Gasteiger partial charge in [0.05, 0.1) is 6.61 Å². The fourth-order valence-corrected chi connectivity index (χ4v) is 3.83. The average Bonchev–Trinajstić information content (AvgIpc) is 2.75. The summed E-state index contributed by atoms with van der Waals surface area (Å²) < 4.78 is 5.36. The van der Waals surface area contributed by atoms with Gasteiger partial charge in [-0.1, -0.05) is 122 Å². The van der Waals surface area contributed by atoms with Gasteiger partial charge in [0.2, 0.25) is 0 Å². The Morgan fingerprint density at radius 2 is 0.933 bits per heavy atom. The van der Waals surface area contributed by atoms with E-state index in [0.717, 1.165) is 12.8 Å². The van der Waals surface area contributed by atoms with Crippen LogP contribution in [0.4, 0.5) is 0 Å². The maximum Gasteiger partial charge on any atom is 0.305 e. The highest BCUT2D eigenvalue weighted by atomic mass is 16.5. The number of hydrogen-bond donors (Lipinski definition) is 0. The first-order chi connectivity index (χ1) is 14.8. The number of rotatable bonds is 24. The van der Waals surface area contributed by atoms with E-state index in [1.807, 2.05) is 0 Å². The lowest BCUT2D eigenvalue weighted by molar-refractivity contribution is -0.143. The molecular weight excluding hydrogens is 368 g/mol. The van der Waals surface area contributed by atoms with Crippen molar-refractivity contribution in [2.45, 2.75) is 155 Å². The van der Waals surface area contributed by atoms with E-state index in [4.69, 9.17) is 4.74 Å². The molecule has 0 heterocycles. The number of allylic oxidation sites excluding steroid dienone is 2. The summed E-state index contributed by atoms with van der Waals surface area (Å²) in [5, 5.41) is 0. The lowest BCUT2D eigenvalue weighted by Gasteiger charge is -2.05. The maximum atomic E-state index is 11.7. The molecular formula is C28H54O2. The Morgan fingerprint density at radius 1 is 0.533 bits per heavy atom. The summed E-state index contributed by atoms with van der Waals surface area (Å²) in [6, 6.07) is 0. The van der Waals surface area contributed by atoms with E-state index in [0.29, 0.717) is 13.0 Å². The SMILES string of the molecule is CCCCCCCCC=CCCCCCCCCOC(=O)CCCCCCCCC. The highest BCUT2D eigenvalue weighted by Crippen LogP contribution is 2.11. The molecule has 2 nitrogen and oxygen atoms in total. The summed E-state index contributed by atoms with van der Waals surface area (Å²) in [5.74, 6) is 0.0105. The zero-order valence-corrected chi connectivity index (χ0v) is 20.7. The zero-order chi connectivity index (χ0) is 22.0. The molecule has 0 aliphatic rings. The molecule has 0 aromatic rings. The van der Waals surface area contributed by atoms with E-state index in [1.165, 1.54) is 122 Å². The van der Waals surface area contributed by atoms with E-state index < -0.39 is 0 Å². The Balaban J connectivity index is 3.18. The van der Waals surface area contributed by atoms with Crippen molar-refractivity contribution >= 4 is 5.97 Å². The summed E-state index contributed by atoms with van der Waals surface area (Å²) >= 11 is 0. The highest BCUT2D eigenvalue weighted by molar-refractivity contribution is 5.69. The van der Waals surface area contributed by atoms with E-state index in [1.54, 1.807) is 0 Å². The van der Waals surface area contributed by atoms with Crippen molar-refractivity contribution in [1.29, 1.82) is 0 Å². The molecule has 0 spiro atoms. The van der Waals surface area contributed by atoms with Gasteiger partial charge in [-0.2, -0.15) is 0 Å². The predicted molar refractivity (Wildman–Crippen MR) is 133 cm³/mol. The monoisotopic (exact) mass is 422 g/mol.